The monoisotopic (exact) mass is 576 g/mol. The van der Waals surface area contributed by atoms with Crippen LogP contribution in [0.3, 0.4) is 0 Å². The van der Waals surface area contributed by atoms with Crippen LogP contribution in [0.15, 0.2) is 12.1 Å². The molecule has 0 bridgehead atoms. The maximum Gasteiger partial charge on any atom is 0.449 e. The molecule has 1 aromatic carbocycles. The van der Waals surface area contributed by atoms with Crippen molar-refractivity contribution in [2.75, 3.05) is 19.8 Å². The Morgan fingerprint density at radius 1 is 1.02 bits per heavy atom. The van der Waals surface area contributed by atoms with E-state index in [4.69, 9.17) is 15.2 Å². The summed E-state index contributed by atoms with van der Waals surface area (Å²) in [6, 6.07) is 0.0509. The van der Waals surface area contributed by atoms with Crippen molar-refractivity contribution < 1.29 is 45.4 Å². The van der Waals surface area contributed by atoms with E-state index in [-0.39, 0.29) is 63.1 Å². The second-order valence-electron chi connectivity index (χ2n) is 9.99. The highest BCUT2D eigenvalue weighted by Crippen LogP contribution is 2.33. The number of hydrogen-bond acceptors (Lipinski definition) is 6. The van der Waals surface area contributed by atoms with Crippen LogP contribution >= 0.6 is 0 Å². The quantitative estimate of drug-likeness (QED) is 0.209. The summed E-state index contributed by atoms with van der Waals surface area (Å²) in [7, 11) is 0. The van der Waals surface area contributed by atoms with E-state index in [1.54, 1.807) is 0 Å². The Balaban J connectivity index is 1.40. The number of carbonyl (C=O) groups excluding carboxylic acids is 2. The number of amides is 1. The number of ether oxygens (including phenoxy) is 2. The largest absolute Gasteiger partial charge is 0.458 e. The van der Waals surface area contributed by atoms with Gasteiger partial charge in [-0.3, -0.25) is 4.79 Å². The minimum absolute atomic E-state index is 0.0640. The number of nitrogens with zero attached hydrogens (tertiary/aromatic N) is 3. The first-order valence-corrected chi connectivity index (χ1v) is 13.1. The summed E-state index contributed by atoms with van der Waals surface area (Å²) >= 11 is 0. The van der Waals surface area contributed by atoms with Crippen molar-refractivity contribution in [2.45, 2.75) is 76.4 Å². The molecule has 14 heteroatoms. The molecule has 2 aromatic rings. The van der Waals surface area contributed by atoms with E-state index in [0.29, 0.717) is 12.1 Å². The zero-order valence-electron chi connectivity index (χ0n) is 21.6. The number of esters is 1. The van der Waals surface area contributed by atoms with Crippen molar-refractivity contribution in [1.82, 2.24) is 14.5 Å². The number of alkyl halides is 3. The van der Waals surface area contributed by atoms with Crippen molar-refractivity contribution in [3.63, 3.8) is 0 Å². The third-order valence-electron chi connectivity index (χ3n) is 7.04. The van der Waals surface area contributed by atoms with E-state index in [1.165, 1.54) is 4.90 Å². The molecule has 4 rings (SSSR count). The Morgan fingerprint density at radius 3 is 2.42 bits per heavy atom. The third-order valence-corrected chi connectivity index (χ3v) is 7.04. The number of halogens is 6. The van der Waals surface area contributed by atoms with Gasteiger partial charge in [0.05, 0.1) is 24.9 Å². The lowest BCUT2D eigenvalue weighted by Crippen LogP contribution is -2.42. The summed E-state index contributed by atoms with van der Waals surface area (Å²) in [5.41, 5.74) is 5.04. The summed E-state index contributed by atoms with van der Waals surface area (Å²) < 4.78 is 93.2. The molecule has 1 aromatic heterocycles. The van der Waals surface area contributed by atoms with Crippen LogP contribution in [0.1, 0.15) is 66.1 Å². The number of carbonyl (C=O) groups is 2. The minimum atomic E-state index is -4.85. The lowest BCUT2D eigenvalue weighted by atomic mass is 9.98. The average molecular weight is 577 g/mol. The second-order valence-corrected chi connectivity index (χ2v) is 9.99. The van der Waals surface area contributed by atoms with Crippen LogP contribution in [0.5, 0.6) is 0 Å². The first-order chi connectivity index (χ1) is 18.9. The Bertz CT molecular complexity index is 1230. The molecule has 1 fully saturated rings. The van der Waals surface area contributed by atoms with Gasteiger partial charge in [-0.05, 0) is 30.9 Å². The number of hydrogen-bond donors (Lipinski definition) is 1. The molecule has 2 aliphatic rings. The van der Waals surface area contributed by atoms with Crippen molar-refractivity contribution in [3.8, 4) is 0 Å². The zero-order valence-corrected chi connectivity index (χ0v) is 21.6. The number of imidazole rings is 1. The molecule has 2 N–H and O–H groups in total. The van der Waals surface area contributed by atoms with Gasteiger partial charge in [0.25, 0.3) is 0 Å². The Labute approximate surface area is 226 Å². The zero-order chi connectivity index (χ0) is 29.0. The van der Waals surface area contributed by atoms with Gasteiger partial charge in [-0.15, -0.1) is 0 Å². The van der Waals surface area contributed by atoms with Gasteiger partial charge in [0, 0.05) is 31.6 Å². The molecule has 0 unspecified atom stereocenters. The highest BCUT2D eigenvalue weighted by atomic mass is 19.4. The van der Waals surface area contributed by atoms with E-state index in [1.807, 2.05) is 0 Å². The van der Waals surface area contributed by atoms with Gasteiger partial charge in [-0.25, -0.2) is 22.9 Å². The molecule has 0 saturated heterocycles. The molecule has 1 amide bonds. The van der Waals surface area contributed by atoms with Crippen molar-refractivity contribution in [1.29, 1.82) is 0 Å². The fraction of sp³-hybridized carbons (Fsp3) is 0.577. The summed E-state index contributed by atoms with van der Waals surface area (Å²) in [6.07, 6.45) is -0.368. The van der Waals surface area contributed by atoms with Crippen LogP contribution in [0.2, 0.25) is 0 Å². The number of aromatic nitrogens is 2. The van der Waals surface area contributed by atoms with Crippen molar-refractivity contribution >= 4 is 11.9 Å². The topological polar surface area (TPSA) is 99.7 Å². The molecule has 0 spiro atoms. The Kier molecular flexibility index (Phi) is 9.39. The van der Waals surface area contributed by atoms with E-state index < -0.39 is 53.1 Å². The molecule has 1 aliphatic carbocycles. The lowest BCUT2D eigenvalue weighted by molar-refractivity contribution is -0.148. The first-order valence-electron chi connectivity index (χ1n) is 13.1. The molecule has 8 nitrogen and oxygen atoms in total. The SMILES string of the molecule is N[C@@H](CC(=O)N1CCn2c(C(F)(F)F)nc(C(=O)OCCOC3CCCCC3)c2C1)Cc1cc(F)c(F)cc1F. The summed E-state index contributed by atoms with van der Waals surface area (Å²) in [6.45, 7) is -0.840. The maximum absolute atomic E-state index is 14.0. The smallest absolute Gasteiger partial charge is 0.449 e. The number of fused-ring (bicyclic) bond motifs is 1. The normalized spacial score (nSPS) is 17.0. The molecular weight excluding hydrogens is 546 g/mol. The molecular formula is C26H30F6N4O4. The van der Waals surface area contributed by atoms with Crippen LogP contribution in [-0.4, -0.2) is 58.2 Å². The summed E-state index contributed by atoms with van der Waals surface area (Å²) in [5.74, 6) is -6.55. The van der Waals surface area contributed by atoms with Gasteiger partial charge in [0.1, 0.15) is 12.4 Å². The Morgan fingerprint density at radius 2 is 1.73 bits per heavy atom. The number of nitrogens with two attached hydrogens (primary N) is 1. The summed E-state index contributed by atoms with van der Waals surface area (Å²) in [5, 5.41) is 0. The maximum atomic E-state index is 14.0. The molecule has 0 radical (unpaired) electrons. The first kappa shape index (κ1) is 29.8. The van der Waals surface area contributed by atoms with Crippen molar-refractivity contribution in [3.05, 3.63) is 52.4 Å². The number of rotatable bonds is 9. The van der Waals surface area contributed by atoms with E-state index in [2.05, 4.69) is 4.98 Å². The lowest BCUT2D eigenvalue weighted by Gasteiger charge is -2.30. The molecule has 1 aliphatic heterocycles. The standard InChI is InChI=1S/C26H30F6N4O4/c27-18-13-20(29)19(28)11-15(18)10-16(33)12-22(37)35-6-7-36-21(14-35)23(34-25(36)26(30,31)32)24(38)40-9-8-39-17-4-2-1-3-5-17/h11,13,16-17H,1-10,12,14,33H2/t16-/m1/s1. The molecule has 40 heavy (non-hydrogen) atoms. The van der Waals surface area contributed by atoms with Gasteiger partial charge in [-0.1, -0.05) is 19.3 Å². The van der Waals surface area contributed by atoms with Crippen LogP contribution in [0.4, 0.5) is 26.3 Å². The van der Waals surface area contributed by atoms with Crippen LogP contribution in [0, 0.1) is 17.5 Å². The Hall–Kier alpha value is -3.13. The van der Waals surface area contributed by atoms with Gasteiger partial charge in [0.2, 0.25) is 11.7 Å². The number of benzene rings is 1. The second kappa shape index (κ2) is 12.6. The highest BCUT2D eigenvalue weighted by molar-refractivity contribution is 5.89. The van der Waals surface area contributed by atoms with Gasteiger partial charge in [0.15, 0.2) is 17.3 Å². The summed E-state index contributed by atoms with van der Waals surface area (Å²) in [4.78, 5) is 30.3. The molecule has 2 heterocycles. The average Bonchev–Trinajstić information content (AvgIpc) is 3.30. The van der Waals surface area contributed by atoms with E-state index in [9.17, 15) is 35.9 Å². The predicted octanol–water partition coefficient (Wildman–Crippen LogP) is 4.13. The van der Waals surface area contributed by atoms with E-state index >= 15 is 0 Å². The van der Waals surface area contributed by atoms with Gasteiger partial charge < -0.3 is 24.7 Å². The highest BCUT2D eigenvalue weighted by Gasteiger charge is 2.42. The molecule has 220 valence electrons. The van der Waals surface area contributed by atoms with Gasteiger partial charge in [-0.2, -0.15) is 13.2 Å². The third kappa shape index (κ3) is 7.14. The molecule has 1 saturated carbocycles. The van der Waals surface area contributed by atoms with Crippen LogP contribution < -0.4 is 5.73 Å². The van der Waals surface area contributed by atoms with E-state index in [0.717, 1.165) is 36.7 Å². The predicted molar refractivity (Wildman–Crippen MR) is 128 cm³/mol. The molecule has 1 atom stereocenters. The minimum Gasteiger partial charge on any atom is -0.458 e. The van der Waals surface area contributed by atoms with Crippen molar-refractivity contribution in [2.24, 2.45) is 5.73 Å². The van der Waals surface area contributed by atoms with Crippen LogP contribution in [0.25, 0.3) is 0 Å². The van der Waals surface area contributed by atoms with Gasteiger partial charge >= 0.3 is 12.1 Å². The fourth-order valence-electron chi connectivity index (χ4n) is 5.04. The van der Waals surface area contributed by atoms with Crippen LogP contribution in [-0.2, 0) is 40.0 Å². The fourth-order valence-corrected chi connectivity index (χ4v) is 5.04.